The van der Waals surface area contributed by atoms with Crippen LogP contribution in [0.15, 0.2) is 23.3 Å². The molecule has 4 heteroatoms. The van der Waals surface area contributed by atoms with Gasteiger partial charge in [-0.3, -0.25) is 9.59 Å². The molecule has 6 aliphatic carbocycles. The molecule has 176 valence electrons. The third-order valence-electron chi connectivity index (χ3n) is 11.3. The van der Waals surface area contributed by atoms with E-state index in [0.29, 0.717) is 5.92 Å². The zero-order valence-corrected chi connectivity index (χ0v) is 20.6. The molecule has 0 radical (unpaired) electrons. The van der Waals surface area contributed by atoms with Gasteiger partial charge in [0.15, 0.2) is 11.6 Å². The van der Waals surface area contributed by atoms with E-state index in [1.165, 1.54) is 5.57 Å². The fourth-order valence-corrected chi connectivity index (χ4v) is 8.57. The maximum atomic E-state index is 13.7. The molecule has 6 aliphatic rings. The Bertz CT molecular complexity index is 939. The van der Waals surface area contributed by atoms with E-state index in [9.17, 15) is 19.8 Å². The minimum absolute atomic E-state index is 0.0679. The third-order valence-corrected chi connectivity index (χ3v) is 11.3. The molecular weight excluding hydrogens is 400 g/mol. The highest BCUT2D eigenvalue weighted by molar-refractivity contribution is 6.01. The van der Waals surface area contributed by atoms with Gasteiger partial charge in [-0.1, -0.05) is 64.7 Å². The van der Waals surface area contributed by atoms with E-state index < -0.39 is 29.5 Å². The molecule has 2 bridgehead atoms. The first-order valence-electron chi connectivity index (χ1n) is 12.7. The second-order valence-electron chi connectivity index (χ2n) is 13.0. The predicted molar refractivity (Wildman–Crippen MR) is 124 cm³/mol. The van der Waals surface area contributed by atoms with Gasteiger partial charge in [0, 0.05) is 23.7 Å². The molecular formula is C28H40O4. The van der Waals surface area contributed by atoms with Crippen LogP contribution in [0.4, 0.5) is 0 Å². The number of aliphatic hydroxyl groups is 2. The number of hydrogen-bond acceptors (Lipinski definition) is 4. The Hall–Kier alpha value is -1.26. The van der Waals surface area contributed by atoms with Gasteiger partial charge in [-0.15, -0.1) is 0 Å². The fourth-order valence-electron chi connectivity index (χ4n) is 8.57. The van der Waals surface area contributed by atoms with Crippen LogP contribution in [-0.4, -0.2) is 33.5 Å². The van der Waals surface area contributed by atoms with Crippen LogP contribution in [0.5, 0.6) is 0 Å². The van der Waals surface area contributed by atoms with Crippen LogP contribution in [0.2, 0.25) is 0 Å². The smallest absolute Gasteiger partial charge is 0.187 e. The van der Waals surface area contributed by atoms with Gasteiger partial charge in [0.25, 0.3) is 0 Å². The Morgan fingerprint density at radius 2 is 1.66 bits per heavy atom. The number of aliphatic hydroxyl groups excluding tert-OH is 1. The van der Waals surface area contributed by atoms with E-state index >= 15 is 0 Å². The maximum absolute atomic E-state index is 13.7. The van der Waals surface area contributed by atoms with Crippen molar-refractivity contribution in [2.45, 2.75) is 91.8 Å². The van der Waals surface area contributed by atoms with Crippen molar-refractivity contribution >= 4 is 11.6 Å². The van der Waals surface area contributed by atoms with Gasteiger partial charge in [-0.05, 0) is 60.8 Å². The molecule has 3 fully saturated rings. The molecule has 3 unspecified atom stereocenters. The van der Waals surface area contributed by atoms with E-state index in [4.69, 9.17) is 0 Å². The highest BCUT2D eigenvalue weighted by atomic mass is 16.3. The number of carbonyl (C=O) groups is 2. The average molecular weight is 441 g/mol. The molecule has 0 spiro atoms. The molecule has 0 aliphatic heterocycles. The molecule has 2 N–H and O–H groups in total. The van der Waals surface area contributed by atoms with Gasteiger partial charge < -0.3 is 10.2 Å². The standard InChI is InChI=1S/C28H40O4/c1-15-9-7-11-26(15,4)17-14-19(29)28(6,32)22-16-13-18(21(20(17)22)24(31)23(16)30)27(5)12-8-10-25(27,2)3/h13-16,20-23,30,32H,7-12H2,1-6H3/t15-,16-,20?,21?,22?,23+,26-,27+,28-/m0/s1. The van der Waals surface area contributed by atoms with Gasteiger partial charge in [0.1, 0.15) is 11.7 Å². The SMILES string of the molecule is C[C@H]1CCC[C@]1(C)C1=CC(=O)[C@](C)(O)C2C1C1C(=O)[C@H](O)[C@H]2C=C1[C@@]1(C)CCCC1(C)C. The van der Waals surface area contributed by atoms with Crippen LogP contribution in [0, 0.1) is 45.8 Å². The van der Waals surface area contributed by atoms with Gasteiger partial charge >= 0.3 is 0 Å². The lowest BCUT2D eigenvalue weighted by atomic mass is 9.43. The lowest BCUT2D eigenvalue weighted by Gasteiger charge is -2.60. The van der Waals surface area contributed by atoms with Crippen molar-refractivity contribution in [3.63, 3.8) is 0 Å². The van der Waals surface area contributed by atoms with E-state index in [0.717, 1.165) is 44.1 Å². The van der Waals surface area contributed by atoms with Gasteiger partial charge in [-0.25, -0.2) is 0 Å². The van der Waals surface area contributed by atoms with Crippen molar-refractivity contribution in [2.75, 3.05) is 0 Å². The maximum Gasteiger partial charge on any atom is 0.187 e. The minimum Gasteiger partial charge on any atom is -0.385 e. The number of Topliss-reactive ketones (excluding diaryl/α,β-unsaturated/α-hetero) is 1. The van der Waals surface area contributed by atoms with E-state index in [2.05, 4.69) is 40.7 Å². The Labute approximate surface area is 192 Å². The number of carbonyl (C=O) groups excluding carboxylic acids is 2. The fraction of sp³-hybridized carbons (Fsp3) is 0.786. The summed E-state index contributed by atoms with van der Waals surface area (Å²) in [5.41, 5.74) is 0.492. The predicted octanol–water partition coefficient (Wildman–Crippen LogP) is 4.64. The van der Waals surface area contributed by atoms with Gasteiger partial charge in [-0.2, -0.15) is 0 Å². The third kappa shape index (κ3) is 2.57. The number of allylic oxidation sites excluding steroid dienone is 2. The highest BCUT2D eigenvalue weighted by Crippen LogP contribution is 2.67. The number of hydrogen-bond donors (Lipinski definition) is 2. The second-order valence-corrected chi connectivity index (χ2v) is 13.0. The summed E-state index contributed by atoms with van der Waals surface area (Å²) in [7, 11) is 0. The van der Waals surface area contributed by atoms with Crippen LogP contribution in [0.3, 0.4) is 0 Å². The molecule has 9 atom stereocenters. The summed E-state index contributed by atoms with van der Waals surface area (Å²) in [5, 5.41) is 22.5. The first-order valence-corrected chi connectivity index (χ1v) is 12.7. The monoisotopic (exact) mass is 440 g/mol. The summed E-state index contributed by atoms with van der Waals surface area (Å²) in [6.07, 6.45) is 9.24. The molecule has 0 heterocycles. The Kier molecular flexibility index (Phi) is 4.69. The quantitative estimate of drug-likeness (QED) is 0.614. The normalized spacial score (nSPS) is 52.1. The first-order chi connectivity index (χ1) is 14.8. The lowest BCUT2D eigenvalue weighted by molar-refractivity contribution is -0.166. The zero-order valence-electron chi connectivity index (χ0n) is 20.6. The van der Waals surface area contributed by atoms with Crippen LogP contribution in [0.25, 0.3) is 0 Å². The Morgan fingerprint density at radius 3 is 2.22 bits per heavy atom. The summed E-state index contributed by atoms with van der Waals surface area (Å²) in [6, 6.07) is 0. The molecule has 32 heavy (non-hydrogen) atoms. The summed E-state index contributed by atoms with van der Waals surface area (Å²) in [4.78, 5) is 27.0. The van der Waals surface area contributed by atoms with Crippen molar-refractivity contribution < 1.29 is 19.8 Å². The summed E-state index contributed by atoms with van der Waals surface area (Å²) < 4.78 is 0. The molecule has 0 amide bonds. The number of fused-ring (bicyclic) bond motifs is 1. The van der Waals surface area contributed by atoms with Crippen molar-refractivity contribution in [2.24, 2.45) is 45.8 Å². The minimum atomic E-state index is -1.56. The summed E-state index contributed by atoms with van der Waals surface area (Å²) in [5.74, 6) is -1.54. The molecule has 0 aromatic carbocycles. The molecule has 0 saturated heterocycles. The number of rotatable bonds is 2. The number of ketones is 2. The van der Waals surface area contributed by atoms with Gasteiger partial charge in [0.2, 0.25) is 0 Å². The Morgan fingerprint density at radius 1 is 0.969 bits per heavy atom. The lowest BCUT2D eigenvalue weighted by Crippen LogP contribution is -2.66. The molecule has 3 saturated carbocycles. The van der Waals surface area contributed by atoms with E-state index in [1.54, 1.807) is 13.0 Å². The van der Waals surface area contributed by atoms with Crippen LogP contribution in [0.1, 0.15) is 80.1 Å². The van der Waals surface area contributed by atoms with Crippen LogP contribution >= 0.6 is 0 Å². The first kappa shape index (κ1) is 22.5. The topological polar surface area (TPSA) is 74.6 Å². The molecule has 0 aromatic rings. The van der Waals surface area contributed by atoms with Gasteiger partial charge in [0.05, 0.1) is 0 Å². The Balaban J connectivity index is 1.73. The summed E-state index contributed by atoms with van der Waals surface area (Å²) >= 11 is 0. The second kappa shape index (κ2) is 6.66. The van der Waals surface area contributed by atoms with E-state index in [-0.39, 0.29) is 33.7 Å². The van der Waals surface area contributed by atoms with Crippen molar-refractivity contribution in [3.05, 3.63) is 23.3 Å². The molecule has 6 rings (SSSR count). The van der Waals surface area contributed by atoms with Crippen LogP contribution in [-0.2, 0) is 9.59 Å². The largest absolute Gasteiger partial charge is 0.385 e. The summed E-state index contributed by atoms with van der Waals surface area (Å²) in [6.45, 7) is 13.0. The highest BCUT2D eigenvalue weighted by Gasteiger charge is 2.67. The van der Waals surface area contributed by atoms with Crippen molar-refractivity contribution in [1.82, 2.24) is 0 Å². The average Bonchev–Trinajstić information content (AvgIpc) is 3.20. The van der Waals surface area contributed by atoms with Crippen molar-refractivity contribution in [3.8, 4) is 0 Å². The van der Waals surface area contributed by atoms with Crippen LogP contribution < -0.4 is 0 Å². The molecule has 4 nitrogen and oxygen atoms in total. The van der Waals surface area contributed by atoms with Crippen molar-refractivity contribution in [1.29, 1.82) is 0 Å². The van der Waals surface area contributed by atoms with E-state index in [1.807, 2.05) is 0 Å². The molecule has 0 aromatic heterocycles. The zero-order chi connectivity index (χ0) is 23.4.